The molecule has 1 aliphatic rings. The van der Waals surface area contributed by atoms with Crippen LogP contribution in [0, 0.1) is 21.0 Å². The minimum absolute atomic E-state index is 0.0193. The van der Waals surface area contributed by atoms with Crippen molar-refractivity contribution in [2.75, 3.05) is 31.5 Å². The number of halogens is 4. The van der Waals surface area contributed by atoms with Crippen LogP contribution >= 0.6 is 22.6 Å². The zero-order valence-corrected chi connectivity index (χ0v) is 18.3. The number of anilines is 2. The first-order valence-corrected chi connectivity index (χ1v) is 10.4. The fourth-order valence-electron chi connectivity index (χ4n) is 3.34. The summed E-state index contributed by atoms with van der Waals surface area (Å²) in [5, 5.41) is 35.9. The van der Waals surface area contributed by atoms with Gasteiger partial charge in [0.2, 0.25) is 0 Å². The summed E-state index contributed by atoms with van der Waals surface area (Å²) in [6.45, 7) is 2.29. The zero-order valence-electron chi connectivity index (χ0n) is 16.2. The van der Waals surface area contributed by atoms with E-state index < -0.39 is 35.4 Å². The molecular formula is C20H23F3IN3O3. The average Bonchev–Trinajstić information content (AvgIpc) is 2.64. The lowest BCUT2D eigenvalue weighted by molar-refractivity contribution is -0.160. The van der Waals surface area contributed by atoms with E-state index in [1.165, 1.54) is 23.1 Å². The SMILES string of the molecule is CC(O)CNCC1(O)CN(C(O)c2ccc(F)c(F)c2Nc2ccc(I)cc2F)C1. The van der Waals surface area contributed by atoms with Gasteiger partial charge in [-0.15, -0.1) is 0 Å². The Balaban J connectivity index is 1.77. The lowest BCUT2D eigenvalue weighted by Crippen LogP contribution is -2.66. The molecule has 164 valence electrons. The molecule has 2 atom stereocenters. The third-order valence-corrected chi connectivity index (χ3v) is 5.50. The lowest BCUT2D eigenvalue weighted by atomic mass is 9.92. The molecule has 6 nitrogen and oxygen atoms in total. The highest BCUT2D eigenvalue weighted by molar-refractivity contribution is 14.1. The number of aliphatic hydroxyl groups is 3. The predicted octanol–water partition coefficient (Wildman–Crippen LogP) is 2.46. The molecule has 2 aromatic rings. The minimum atomic E-state index is -1.34. The van der Waals surface area contributed by atoms with Crippen molar-refractivity contribution in [1.29, 1.82) is 0 Å². The molecule has 0 aliphatic carbocycles. The summed E-state index contributed by atoms with van der Waals surface area (Å²) in [5.74, 6) is -3.02. The minimum Gasteiger partial charge on any atom is -0.392 e. The fraction of sp³-hybridized carbons (Fsp3) is 0.400. The molecule has 10 heteroatoms. The first-order chi connectivity index (χ1) is 14.1. The molecule has 30 heavy (non-hydrogen) atoms. The first kappa shape index (κ1) is 23.2. The van der Waals surface area contributed by atoms with Crippen LogP contribution in [0.15, 0.2) is 30.3 Å². The van der Waals surface area contributed by atoms with Gasteiger partial charge in [-0.1, -0.05) is 0 Å². The molecule has 2 unspecified atom stereocenters. The molecule has 0 spiro atoms. The van der Waals surface area contributed by atoms with Crippen LogP contribution in [0.1, 0.15) is 18.7 Å². The molecule has 1 fully saturated rings. The van der Waals surface area contributed by atoms with Gasteiger partial charge >= 0.3 is 0 Å². The van der Waals surface area contributed by atoms with E-state index in [9.17, 15) is 28.5 Å². The third kappa shape index (κ3) is 5.24. The molecule has 0 radical (unpaired) electrons. The number of likely N-dealkylation sites (tertiary alicyclic amines) is 1. The molecule has 0 bridgehead atoms. The second-order valence-electron chi connectivity index (χ2n) is 7.56. The van der Waals surface area contributed by atoms with Crippen LogP contribution in [0.2, 0.25) is 0 Å². The van der Waals surface area contributed by atoms with Crippen LogP contribution < -0.4 is 10.6 Å². The monoisotopic (exact) mass is 537 g/mol. The highest BCUT2D eigenvalue weighted by Gasteiger charge is 2.44. The number of benzene rings is 2. The Hall–Kier alpha value is -1.44. The summed E-state index contributed by atoms with van der Waals surface area (Å²) in [6, 6.07) is 6.35. The Morgan fingerprint density at radius 3 is 2.47 bits per heavy atom. The number of nitrogens with zero attached hydrogens (tertiary/aromatic N) is 1. The van der Waals surface area contributed by atoms with Crippen LogP contribution in [0.4, 0.5) is 24.5 Å². The largest absolute Gasteiger partial charge is 0.392 e. The van der Waals surface area contributed by atoms with Crippen molar-refractivity contribution in [2.45, 2.75) is 24.9 Å². The Labute approximate surface area is 185 Å². The predicted molar refractivity (Wildman–Crippen MR) is 115 cm³/mol. The summed E-state index contributed by atoms with van der Waals surface area (Å²) in [4.78, 5) is 1.48. The lowest BCUT2D eigenvalue weighted by Gasteiger charge is -2.49. The van der Waals surface area contributed by atoms with Gasteiger partial charge < -0.3 is 26.0 Å². The average molecular weight is 537 g/mol. The van der Waals surface area contributed by atoms with Crippen LogP contribution in [0.3, 0.4) is 0 Å². The van der Waals surface area contributed by atoms with E-state index in [4.69, 9.17) is 0 Å². The van der Waals surface area contributed by atoms with Crippen molar-refractivity contribution >= 4 is 34.0 Å². The number of aliphatic hydroxyl groups excluding tert-OH is 2. The molecule has 0 amide bonds. The molecule has 2 aromatic carbocycles. The van der Waals surface area contributed by atoms with Gasteiger partial charge in [0.25, 0.3) is 0 Å². The molecule has 3 rings (SSSR count). The summed E-state index contributed by atoms with van der Waals surface area (Å²) in [5.41, 5.74) is -1.53. The highest BCUT2D eigenvalue weighted by atomic mass is 127. The maximum atomic E-state index is 14.5. The van der Waals surface area contributed by atoms with Gasteiger partial charge in [0.15, 0.2) is 11.6 Å². The van der Waals surface area contributed by atoms with E-state index in [1.807, 2.05) is 22.6 Å². The standard InChI is InChI=1S/C20H23F3IN3O3/c1-11(28)7-25-8-20(30)9-27(10-20)19(29)13-3-4-14(21)17(23)18(13)26-16-5-2-12(24)6-15(16)22/h2-6,11,19,25-26,28-30H,7-10H2,1H3. The van der Waals surface area contributed by atoms with Gasteiger partial charge in [-0.05, 0) is 59.8 Å². The zero-order chi connectivity index (χ0) is 22.1. The second-order valence-corrected chi connectivity index (χ2v) is 8.80. The van der Waals surface area contributed by atoms with Crippen LogP contribution in [0.25, 0.3) is 0 Å². The van der Waals surface area contributed by atoms with E-state index in [0.29, 0.717) is 10.1 Å². The van der Waals surface area contributed by atoms with E-state index in [0.717, 1.165) is 6.07 Å². The first-order valence-electron chi connectivity index (χ1n) is 9.33. The van der Waals surface area contributed by atoms with Gasteiger partial charge in [-0.2, -0.15) is 0 Å². The van der Waals surface area contributed by atoms with Gasteiger partial charge in [0.05, 0.1) is 17.5 Å². The summed E-state index contributed by atoms with van der Waals surface area (Å²) in [6.07, 6.45) is -1.90. The van der Waals surface area contributed by atoms with E-state index in [-0.39, 0.29) is 36.6 Å². The summed E-state index contributed by atoms with van der Waals surface area (Å²) in [7, 11) is 0. The number of hydrogen-bond donors (Lipinski definition) is 5. The molecule has 1 heterocycles. The molecule has 0 aromatic heterocycles. The molecular weight excluding hydrogens is 514 g/mol. The fourth-order valence-corrected chi connectivity index (χ4v) is 3.79. The topological polar surface area (TPSA) is 88.0 Å². The van der Waals surface area contributed by atoms with Crippen molar-refractivity contribution in [3.63, 3.8) is 0 Å². The Kier molecular flexibility index (Phi) is 7.25. The number of nitrogens with one attached hydrogen (secondary N) is 2. The van der Waals surface area contributed by atoms with Crippen LogP contribution in [-0.4, -0.2) is 58.1 Å². The highest BCUT2D eigenvalue weighted by Crippen LogP contribution is 2.36. The molecule has 1 aliphatic heterocycles. The molecule has 1 saturated heterocycles. The maximum absolute atomic E-state index is 14.5. The second kappa shape index (κ2) is 9.37. The van der Waals surface area contributed by atoms with Crippen LogP contribution in [0.5, 0.6) is 0 Å². The quantitative estimate of drug-likeness (QED) is 0.333. The maximum Gasteiger partial charge on any atom is 0.182 e. The number of rotatable bonds is 8. The summed E-state index contributed by atoms with van der Waals surface area (Å²) >= 11 is 1.93. The van der Waals surface area contributed by atoms with Gasteiger partial charge in [0, 0.05) is 35.3 Å². The van der Waals surface area contributed by atoms with Crippen molar-refractivity contribution in [3.8, 4) is 0 Å². The summed E-state index contributed by atoms with van der Waals surface area (Å²) < 4.78 is 43.2. The number of hydrogen-bond acceptors (Lipinski definition) is 6. The van der Waals surface area contributed by atoms with E-state index in [2.05, 4.69) is 10.6 Å². The normalized spacial score (nSPS) is 18.0. The molecule has 0 saturated carbocycles. The van der Waals surface area contributed by atoms with Gasteiger partial charge in [-0.3, -0.25) is 4.90 Å². The van der Waals surface area contributed by atoms with E-state index in [1.54, 1.807) is 13.0 Å². The van der Waals surface area contributed by atoms with E-state index >= 15 is 0 Å². The number of β-amino-alcohol motifs (C(OH)–C–C–N with tert-alkyl or cyclic N) is 1. The Morgan fingerprint density at radius 2 is 1.83 bits per heavy atom. The Bertz CT molecular complexity index is 910. The molecule has 5 N–H and O–H groups in total. The van der Waals surface area contributed by atoms with Crippen molar-refractivity contribution < 1.29 is 28.5 Å². The van der Waals surface area contributed by atoms with Crippen molar-refractivity contribution in [2.24, 2.45) is 0 Å². The van der Waals surface area contributed by atoms with Crippen molar-refractivity contribution in [3.05, 3.63) is 56.9 Å². The van der Waals surface area contributed by atoms with Gasteiger partial charge in [0.1, 0.15) is 17.6 Å². The van der Waals surface area contributed by atoms with Crippen molar-refractivity contribution in [1.82, 2.24) is 10.2 Å². The van der Waals surface area contributed by atoms with Gasteiger partial charge in [-0.25, -0.2) is 13.2 Å². The third-order valence-electron chi connectivity index (χ3n) is 4.83. The van der Waals surface area contributed by atoms with Crippen LogP contribution in [-0.2, 0) is 0 Å². The smallest absolute Gasteiger partial charge is 0.182 e. The Morgan fingerprint density at radius 1 is 1.13 bits per heavy atom.